The number of amides is 2. The number of aromatic nitrogens is 1. The molecule has 170 valence electrons. The Morgan fingerprint density at radius 3 is 2.12 bits per heavy atom. The van der Waals surface area contributed by atoms with Crippen LogP contribution in [-0.2, 0) is 6.42 Å². The summed E-state index contributed by atoms with van der Waals surface area (Å²) in [6, 6.07) is 21.3. The van der Waals surface area contributed by atoms with Crippen molar-refractivity contribution in [3.63, 3.8) is 0 Å². The fraction of sp³-hybridized carbons (Fsp3) is 0.115. The fourth-order valence-electron chi connectivity index (χ4n) is 3.36. The third-order valence-corrected chi connectivity index (χ3v) is 5.04. The lowest BCUT2D eigenvalue weighted by molar-refractivity contribution is 0.262. The predicted octanol–water partition coefficient (Wildman–Crippen LogP) is 5.75. The van der Waals surface area contributed by atoms with Gasteiger partial charge in [-0.25, -0.2) is 4.79 Å². The number of nitrogens with zero attached hydrogens (tertiary/aromatic N) is 2. The summed E-state index contributed by atoms with van der Waals surface area (Å²) in [6.07, 6.45) is 1.99. The molecule has 1 heterocycles. The third kappa shape index (κ3) is 5.16. The van der Waals surface area contributed by atoms with E-state index in [0.717, 1.165) is 10.9 Å². The molecule has 0 atom stereocenters. The number of methoxy groups -OCH3 is 2. The van der Waals surface area contributed by atoms with E-state index < -0.39 is 0 Å². The van der Waals surface area contributed by atoms with Gasteiger partial charge in [0.2, 0.25) is 0 Å². The molecule has 0 spiro atoms. The van der Waals surface area contributed by atoms with Gasteiger partial charge in [-0.1, -0.05) is 12.1 Å². The van der Waals surface area contributed by atoms with E-state index in [1.54, 1.807) is 81.1 Å². The zero-order valence-electron chi connectivity index (χ0n) is 18.7. The van der Waals surface area contributed by atoms with Crippen molar-refractivity contribution in [2.45, 2.75) is 6.42 Å². The van der Waals surface area contributed by atoms with Crippen LogP contribution in [0.1, 0.15) is 5.56 Å². The van der Waals surface area contributed by atoms with Gasteiger partial charge in [0.1, 0.15) is 11.5 Å². The highest BCUT2D eigenvalue weighted by atomic mass is 16.5. The summed E-state index contributed by atoms with van der Waals surface area (Å²) in [5.41, 5.74) is 2.85. The lowest BCUT2D eigenvalue weighted by Crippen LogP contribution is -2.19. The maximum absolute atomic E-state index is 12.3. The number of hydrogen-bond donors (Lipinski definition) is 2. The molecule has 0 saturated carbocycles. The van der Waals surface area contributed by atoms with E-state index in [1.165, 1.54) is 0 Å². The second-order valence-corrected chi connectivity index (χ2v) is 7.27. The first-order valence-electron chi connectivity index (χ1n) is 10.4. The summed E-state index contributed by atoms with van der Waals surface area (Å²) in [4.78, 5) is 16.7. The molecular weight excluding hydrogens is 432 g/mol. The maximum atomic E-state index is 12.3. The van der Waals surface area contributed by atoms with Gasteiger partial charge in [0.15, 0.2) is 11.5 Å². The Balaban J connectivity index is 1.43. The smallest absolute Gasteiger partial charge is 0.323 e. The van der Waals surface area contributed by atoms with Gasteiger partial charge in [0, 0.05) is 29.0 Å². The summed E-state index contributed by atoms with van der Waals surface area (Å²) < 4.78 is 16.8. The number of benzene rings is 3. The molecule has 0 fully saturated rings. The number of rotatable bonds is 7. The first kappa shape index (κ1) is 22.4. The van der Waals surface area contributed by atoms with Gasteiger partial charge >= 0.3 is 6.03 Å². The average Bonchev–Trinajstić information content (AvgIpc) is 2.86. The number of anilines is 2. The Morgan fingerprint density at radius 2 is 1.50 bits per heavy atom. The molecule has 34 heavy (non-hydrogen) atoms. The first-order chi connectivity index (χ1) is 16.6. The van der Waals surface area contributed by atoms with Crippen LogP contribution in [0.3, 0.4) is 0 Å². The SMILES string of the molecule is COc1cc2nccc(Oc3ccc(NC(=O)Nc4ccc(CC#N)cc4)cc3)c2cc1OC. The number of urea groups is 1. The molecule has 0 aliphatic heterocycles. The molecule has 8 heteroatoms. The van der Waals surface area contributed by atoms with Gasteiger partial charge in [0.05, 0.1) is 32.2 Å². The number of ether oxygens (including phenoxy) is 3. The van der Waals surface area contributed by atoms with Crippen molar-refractivity contribution >= 4 is 28.3 Å². The van der Waals surface area contributed by atoms with Crippen LogP contribution in [0.25, 0.3) is 10.9 Å². The molecular formula is C26H22N4O4. The summed E-state index contributed by atoms with van der Waals surface area (Å²) in [5.74, 6) is 2.38. The fourth-order valence-corrected chi connectivity index (χ4v) is 3.36. The van der Waals surface area contributed by atoms with Gasteiger partial charge in [-0.15, -0.1) is 0 Å². The van der Waals surface area contributed by atoms with Crippen molar-refractivity contribution in [3.8, 4) is 29.1 Å². The van der Waals surface area contributed by atoms with Crippen molar-refractivity contribution in [1.82, 2.24) is 4.98 Å². The normalized spacial score (nSPS) is 10.3. The Hall–Kier alpha value is -4.77. The van der Waals surface area contributed by atoms with Crippen LogP contribution in [0.15, 0.2) is 72.9 Å². The van der Waals surface area contributed by atoms with Crippen LogP contribution in [-0.4, -0.2) is 25.2 Å². The van der Waals surface area contributed by atoms with E-state index in [4.69, 9.17) is 19.5 Å². The third-order valence-electron chi connectivity index (χ3n) is 5.04. The minimum absolute atomic E-state index is 0.331. The van der Waals surface area contributed by atoms with E-state index >= 15 is 0 Å². The van der Waals surface area contributed by atoms with E-state index in [0.29, 0.717) is 46.3 Å². The summed E-state index contributed by atoms with van der Waals surface area (Å²) >= 11 is 0. The highest BCUT2D eigenvalue weighted by Gasteiger charge is 2.11. The molecule has 0 bridgehead atoms. The van der Waals surface area contributed by atoms with Crippen molar-refractivity contribution < 1.29 is 19.0 Å². The lowest BCUT2D eigenvalue weighted by Gasteiger charge is -2.13. The Labute approximate surface area is 196 Å². The summed E-state index contributed by atoms with van der Waals surface area (Å²) in [7, 11) is 3.15. The topological polar surface area (TPSA) is 106 Å². The first-order valence-corrected chi connectivity index (χ1v) is 10.4. The van der Waals surface area contributed by atoms with Gasteiger partial charge in [0.25, 0.3) is 0 Å². The molecule has 4 aromatic rings. The zero-order chi connectivity index (χ0) is 23.9. The molecule has 0 saturated heterocycles. The monoisotopic (exact) mass is 454 g/mol. The van der Waals surface area contributed by atoms with Crippen molar-refractivity contribution in [3.05, 3.63) is 78.5 Å². The van der Waals surface area contributed by atoms with Crippen LogP contribution in [0.5, 0.6) is 23.0 Å². The highest BCUT2D eigenvalue weighted by Crippen LogP contribution is 2.37. The van der Waals surface area contributed by atoms with Gasteiger partial charge < -0.3 is 24.8 Å². The number of carbonyl (C=O) groups excluding carboxylic acids is 1. The summed E-state index contributed by atoms with van der Waals surface area (Å²) in [5, 5.41) is 15.1. The van der Waals surface area contributed by atoms with E-state index in [9.17, 15) is 4.79 Å². The lowest BCUT2D eigenvalue weighted by atomic mass is 10.1. The number of carbonyl (C=O) groups is 1. The Morgan fingerprint density at radius 1 is 0.882 bits per heavy atom. The maximum Gasteiger partial charge on any atom is 0.323 e. The number of nitrogens with one attached hydrogen (secondary N) is 2. The number of nitriles is 1. The quantitative estimate of drug-likeness (QED) is 0.368. The molecule has 0 radical (unpaired) electrons. The van der Waals surface area contributed by atoms with E-state index in [1.807, 2.05) is 6.07 Å². The summed E-state index contributed by atoms with van der Waals surface area (Å²) in [6.45, 7) is 0. The highest BCUT2D eigenvalue weighted by molar-refractivity contribution is 5.99. The largest absolute Gasteiger partial charge is 0.493 e. The minimum Gasteiger partial charge on any atom is -0.493 e. The van der Waals surface area contributed by atoms with Crippen molar-refractivity contribution in [1.29, 1.82) is 5.26 Å². The van der Waals surface area contributed by atoms with Gasteiger partial charge in [-0.3, -0.25) is 4.98 Å². The standard InChI is InChI=1S/C26H22N4O4/c1-32-24-15-21-22(16-25(24)33-2)28-14-12-23(21)34-20-9-7-19(8-10-20)30-26(31)29-18-5-3-17(4-6-18)11-13-27/h3-10,12,14-16H,11H2,1-2H3,(H2,29,30,31). The van der Waals surface area contributed by atoms with Gasteiger partial charge in [-0.2, -0.15) is 5.26 Å². The van der Waals surface area contributed by atoms with Crippen molar-refractivity contribution in [2.24, 2.45) is 0 Å². The second-order valence-electron chi connectivity index (χ2n) is 7.27. The minimum atomic E-state index is -0.372. The number of pyridine rings is 1. The Bertz CT molecular complexity index is 1350. The van der Waals surface area contributed by atoms with Gasteiger partial charge in [-0.05, 0) is 54.1 Å². The number of fused-ring (bicyclic) bond motifs is 1. The molecule has 3 aromatic carbocycles. The van der Waals surface area contributed by atoms with E-state index in [2.05, 4.69) is 21.7 Å². The molecule has 0 aliphatic rings. The Kier molecular flexibility index (Phi) is 6.75. The molecule has 8 nitrogen and oxygen atoms in total. The molecule has 1 aromatic heterocycles. The predicted molar refractivity (Wildman–Crippen MR) is 130 cm³/mol. The zero-order valence-corrected chi connectivity index (χ0v) is 18.7. The molecule has 2 N–H and O–H groups in total. The van der Waals surface area contributed by atoms with Crippen LogP contribution >= 0.6 is 0 Å². The van der Waals surface area contributed by atoms with Crippen LogP contribution in [0, 0.1) is 11.3 Å². The molecule has 0 unspecified atom stereocenters. The molecule has 2 amide bonds. The average molecular weight is 454 g/mol. The van der Waals surface area contributed by atoms with Crippen molar-refractivity contribution in [2.75, 3.05) is 24.9 Å². The van der Waals surface area contributed by atoms with Crippen LogP contribution in [0.4, 0.5) is 16.2 Å². The molecule has 0 aliphatic carbocycles. The molecule has 4 rings (SSSR count). The van der Waals surface area contributed by atoms with Crippen LogP contribution < -0.4 is 24.8 Å². The number of hydrogen-bond acceptors (Lipinski definition) is 6. The van der Waals surface area contributed by atoms with Crippen LogP contribution in [0.2, 0.25) is 0 Å². The second kappa shape index (κ2) is 10.2. The van der Waals surface area contributed by atoms with E-state index in [-0.39, 0.29) is 6.03 Å².